The molecule has 0 radical (unpaired) electrons. The highest BCUT2D eigenvalue weighted by Gasteiger charge is 2.26. The molecule has 0 aromatic heterocycles. The van der Waals surface area contributed by atoms with Crippen LogP contribution in [0.5, 0.6) is 11.5 Å². The van der Waals surface area contributed by atoms with Crippen molar-refractivity contribution in [3.8, 4) is 11.5 Å². The topological polar surface area (TPSA) is 47.7 Å². The molecule has 100 valence electrons. The molecule has 4 heteroatoms. The summed E-state index contributed by atoms with van der Waals surface area (Å²) < 4.78 is 10.6. The van der Waals surface area contributed by atoms with Crippen LogP contribution in [0.25, 0.3) is 0 Å². The van der Waals surface area contributed by atoms with Gasteiger partial charge in [0.15, 0.2) is 11.5 Å². The Balaban J connectivity index is 2.06. The second kappa shape index (κ2) is 5.59. The third-order valence-electron chi connectivity index (χ3n) is 3.60. The van der Waals surface area contributed by atoms with Crippen molar-refractivity contribution >= 4 is 0 Å². The van der Waals surface area contributed by atoms with Gasteiger partial charge in [-0.1, -0.05) is 13.0 Å². The molecule has 1 aliphatic rings. The monoisotopic (exact) mass is 250 g/mol. The molecule has 4 nitrogen and oxygen atoms in total. The number of hydrogen-bond acceptors (Lipinski definition) is 4. The molecule has 2 unspecified atom stereocenters. The zero-order valence-corrected chi connectivity index (χ0v) is 11.3. The number of ether oxygens (including phenoxy) is 2. The van der Waals surface area contributed by atoms with E-state index in [1.54, 1.807) is 14.2 Å². The molecule has 18 heavy (non-hydrogen) atoms. The van der Waals surface area contributed by atoms with Crippen molar-refractivity contribution in [2.45, 2.75) is 19.5 Å². The van der Waals surface area contributed by atoms with E-state index in [1.165, 1.54) is 5.56 Å². The Morgan fingerprint density at radius 1 is 1.22 bits per heavy atom. The van der Waals surface area contributed by atoms with Gasteiger partial charge in [0.2, 0.25) is 0 Å². The Morgan fingerprint density at radius 3 is 2.50 bits per heavy atom. The van der Waals surface area contributed by atoms with Gasteiger partial charge < -0.3 is 15.2 Å². The lowest BCUT2D eigenvalue weighted by Gasteiger charge is -2.16. The van der Waals surface area contributed by atoms with Gasteiger partial charge in [0.1, 0.15) is 0 Å². The number of likely N-dealkylation sites (tertiary alicyclic amines) is 1. The first-order valence-electron chi connectivity index (χ1n) is 6.33. The fourth-order valence-electron chi connectivity index (χ4n) is 2.46. The number of rotatable bonds is 4. The smallest absolute Gasteiger partial charge is 0.161 e. The van der Waals surface area contributed by atoms with Gasteiger partial charge >= 0.3 is 0 Å². The molecule has 2 atom stereocenters. The van der Waals surface area contributed by atoms with E-state index in [2.05, 4.69) is 17.9 Å². The zero-order valence-electron chi connectivity index (χ0n) is 11.3. The largest absolute Gasteiger partial charge is 0.493 e. The maximum atomic E-state index is 6.04. The molecule has 0 bridgehead atoms. The molecular formula is C14H22N2O2. The van der Waals surface area contributed by atoms with Gasteiger partial charge in [0.25, 0.3) is 0 Å². The van der Waals surface area contributed by atoms with Crippen LogP contribution in [0.4, 0.5) is 0 Å². The van der Waals surface area contributed by atoms with Crippen LogP contribution in [0.1, 0.15) is 12.5 Å². The van der Waals surface area contributed by atoms with E-state index < -0.39 is 0 Å². The van der Waals surface area contributed by atoms with Gasteiger partial charge in [-0.3, -0.25) is 4.90 Å². The van der Waals surface area contributed by atoms with E-state index >= 15 is 0 Å². The summed E-state index contributed by atoms with van der Waals surface area (Å²) in [5.74, 6) is 2.13. The lowest BCUT2D eigenvalue weighted by atomic mass is 10.1. The van der Waals surface area contributed by atoms with E-state index in [1.807, 2.05) is 12.1 Å². The molecule has 0 spiro atoms. The third-order valence-corrected chi connectivity index (χ3v) is 3.60. The quantitative estimate of drug-likeness (QED) is 0.879. The Bertz CT molecular complexity index is 399. The minimum absolute atomic E-state index is 0.296. The standard InChI is InChI=1S/C14H22N2O2/c1-10-7-16(9-12(10)15)8-11-4-5-13(17-2)14(6-11)18-3/h4-6,10,12H,7-9,15H2,1-3H3. The molecule has 1 aliphatic heterocycles. The normalized spacial score (nSPS) is 24.2. The van der Waals surface area contributed by atoms with Crippen LogP contribution in [0.2, 0.25) is 0 Å². The van der Waals surface area contributed by atoms with Gasteiger partial charge in [-0.15, -0.1) is 0 Å². The van der Waals surface area contributed by atoms with Crippen LogP contribution in [0.15, 0.2) is 18.2 Å². The Kier molecular flexibility index (Phi) is 4.09. The van der Waals surface area contributed by atoms with Crippen LogP contribution >= 0.6 is 0 Å². The molecule has 0 aliphatic carbocycles. The SMILES string of the molecule is COc1ccc(CN2CC(C)C(N)C2)cc1OC. The summed E-state index contributed by atoms with van der Waals surface area (Å²) >= 11 is 0. The Labute approximate surface area is 109 Å². The van der Waals surface area contributed by atoms with Gasteiger partial charge in [0.05, 0.1) is 14.2 Å². The molecule has 0 amide bonds. The summed E-state index contributed by atoms with van der Waals surface area (Å²) in [6.45, 7) is 5.16. The van der Waals surface area contributed by atoms with Crippen LogP contribution < -0.4 is 15.2 Å². The van der Waals surface area contributed by atoms with Crippen LogP contribution in [0, 0.1) is 5.92 Å². The van der Waals surface area contributed by atoms with Crippen LogP contribution in [-0.2, 0) is 6.54 Å². The average Bonchev–Trinajstić information content (AvgIpc) is 2.68. The van der Waals surface area contributed by atoms with Crippen LogP contribution in [0.3, 0.4) is 0 Å². The highest BCUT2D eigenvalue weighted by atomic mass is 16.5. The van der Waals surface area contributed by atoms with Crippen molar-refractivity contribution in [1.29, 1.82) is 0 Å². The van der Waals surface area contributed by atoms with Crippen molar-refractivity contribution in [3.05, 3.63) is 23.8 Å². The minimum Gasteiger partial charge on any atom is -0.493 e. The lowest BCUT2D eigenvalue weighted by Crippen LogP contribution is -2.28. The minimum atomic E-state index is 0.296. The van der Waals surface area contributed by atoms with E-state index in [9.17, 15) is 0 Å². The molecule has 1 fully saturated rings. The predicted molar refractivity (Wildman–Crippen MR) is 72.0 cm³/mol. The summed E-state index contributed by atoms with van der Waals surface area (Å²) in [5, 5.41) is 0. The molecular weight excluding hydrogens is 228 g/mol. The summed E-state index contributed by atoms with van der Waals surface area (Å²) in [4.78, 5) is 2.39. The number of hydrogen-bond donors (Lipinski definition) is 1. The van der Waals surface area contributed by atoms with Crippen molar-refractivity contribution < 1.29 is 9.47 Å². The van der Waals surface area contributed by atoms with E-state index in [0.717, 1.165) is 31.1 Å². The van der Waals surface area contributed by atoms with Crippen molar-refractivity contribution in [2.75, 3.05) is 27.3 Å². The van der Waals surface area contributed by atoms with Gasteiger partial charge in [0, 0.05) is 25.7 Å². The molecule has 1 aromatic rings. The van der Waals surface area contributed by atoms with E-state index in [4.69, 9.17) is 15.2 Å². The van der Waals surface area contributed by atoms with Crippen molar-refractivity contribution in [3.63, 3.8) is 0 Å². The highest BCUT2D eigenvalue weighted by Crippen LogP contribution is 2.28. The maximum Gasteiger partial charge on any atom is 0.161 e. The van der Waals surface area contributed by atoms with Crippen molar-refractivity contribution in [1.82, 2.24) is 4.90 Å². The fraction of sp³-hybridized carbons (Fsp3) is 0.571. The van der Waals surface area contributed by atoms with Gasteiger partial charge in [-0.05, 0) is 23.6 Å². The number of methoxy groups -OCH3 is 2. The van der Waals surface area contributed by atoms with Gasteiger partial charge in [-0.25, -0.2) is 0 Å². The Hall–Kier alpha value is -1.26. The Morgan fingerprint density at radius 2 is 1.94 bits per heavy atom. The summed E-state index contributed by atoms with van der Waals surface area (Å²) in [7, 11) is 3.31. The molecule has 0 saturated carbocycles. The molecule has 1 aromatic carbocycles. The first-order chi connectivity index (χ1) is 8.63. The second-order valence-electron chi connectivity index (χ2n) is 5.02. The fourth-order valence-corrected chi connectivity index (χ4v) is 2.46. The molecule has 2 rings (SSSR count). The van der Waals surface area contributed by atoms with Crippen LogP contribution in [-0.4, -0.2) is 38.3 Å². The number of benzene rings is 1. The van der Waals surface area contributed by atoms with Crippen molar-refractivity contribution in [2.24, 2.45) is 11.7 Å². The highest BCUT2D eigenvalue weighted by molar-refractivity contribution is 5.42. The number of nitrogens with zero attached hydrogens (tertiary/aromatic N) is 1. The molecule has 2 N–H and O–H groups in total. The molecule has 1 saturated heterocycles. The first kappa shape index (κ1) is 13.2. The average molecular weight is 250 g/mol. The number of nitrogens with two attached hydrogens (primary N) is 1. The first-order valence-corrected chi connectivity index (χ1v) is 6.33. The summed E-state index contributed by atoms with van der Waals surface area (Å²) in [5.41, 5.74) is 7.27. The molecule has 1 heterocycles. The van der Waals surface area contributed by atoms with Gasteiger partial charge in [-0.2, -0.15) is 0 Å². The van der Waals surface area contributed by atoms with E-state index in [-0.39, 0.29) is 0 Å². The second-order valence-corrected chi connectivity index (χ2v) is 5.02. The third kappa shape index (κ3) is 2.76. The maximum absolute atomic E-state index is 6.04. The lowest BCUT2D eigenvalue weighted by molar-refractivity contribution is 0.316. The summed E-state index contributed by atoms with van der Waals surface area (Å²) in [6, 6.07) is 6.36. The predicted octanol–water partition coefficient (Wildman–Crippen LogP) is 1.48. The summed E-state index contributed by atoms with van der Waals surface area (Å²) in [6.07, 6.45) is 0. The van der Waals surface area contributed by atoms with E-state index in [0.29, 0.717) is 12.0 Å². The zero-order chi connectivity index (χ0) is 13.1.